The number of hydrogen-bond donors (Lipinski definition) is 1. The van der Waals surface area contributed by atoms with Gasteiger partial charge >= 0.3 is 0 Å². The van der Waals surface area contributed by atoms with Gasteiger partial charge in [-0.1, -0.05) is 540 Å². The molecule has 0 aliphatic carbocycles. The van der Waals surface area contributed by atoms with Crippen molar-refractivity contribution in [1.82, 2.24) is 0 Å². The van der Waals surface area contributed by atoms with Crippen LogP contribution in [0, 0.1) is 0 Å². The first kappa shape index (κ1) is 92.5. The molecular weight excluding hydrogens is 1640 g/mol. The van der Waals surface area contributed by atoms with Crippen molar-refractivity contribution in [3.8, 4) is 61.4 Å². The molecule has 0 amide bonds. The zero-order chi connectivity index (χ0) is 92.4. The molecule has 2 heteroatoms. The highest BCUT2D eigenvalue weighted by atomic mass is 16.5. The summed E-state index contributed by atoms with van der Waals surface area (Å²) < 4.78 is 5.41. The van der Waals surface area contributed by atoms with Crippen LogP contribution in [0.4, 0.5) is 11.4 Å². The van der Waals surface area contributed by atoms with Crippen molar-refractivity contribution in [1.29, 1.82) is 0 Å². The minimum atomic E-state index is 0.720. The van der Waals surface area contributed by atoms with Crippen LogP contribution in [-0.2, 0) is 38.5 Å². The standard InChI is InChI=1S/C25H20.2C23H18.C19H16.C17H14.C15H16O.C12H11N/c1-3-7-22(8-4-1)24-15-11-20(12-16-24)19-21-13-17-25(18-14-21)23-9-5-2-6-10-23;1-2-7-19(8-3-1)20-15-13-18(14-16-20)17-22-11-6-10-21-9-4-5-12-23(21)22;1-2-6-20(7-3-1)22-13-10-18(11-14-22)16-19-12-15-21-8-4-5-9-23(21)17-19;1-3-7-16(8-4-1)15-17-11-13-19(14-12-17)18-9-5-2-6-10-18;1-2-6-14(7-3-1)12-15-10-11-16-8-4-5-9-17(16)13-15;1-2-16-15-10-8-14(9-11-15)12-13-6-4-3-5-7-13;1-3-7-11(8-4-1)13-12-9-5-2-6-10-12/h1-18H,19H2;1-16H,17H2;1-15,17H,16H2;1-14H,15H2;1-11,13H,12H2;3-11H,2,12H2,1H3;1-10,13H. The highest BCUT2D eigenvalue weighted by molar-refractivity contribution is 5.87. The Labute approximate surface area is 804 Å². The molecule has 0 saturated heterocycles. The van der Waals surface area contributed by atoms with Crippen molar-refractivity contribution in [3.63, 3.8) is 0 Å². The summed E-state index contributed by atoms with van der Waals surface area (Å²) in [4.78, 5) is 0. The summed E-state index contributed by atoms with van der Waals surface area (Å²) in [6.07, 6.45) is 5.88. The molecule has 0 aromatic heterocycles. The second-order valence-electron chi connectivity index (χ2n) is 33.8. The fraction of sp³-hybridized carbons (Fsp3) is 0.0597. The molecule has 136 heavy (non-hydrogen) atoms. The number of para-hydroxylation sites is 2. The maximum absolute atomic E-state index is 5.41. The number of ether oxygens (including phenoxy) is 1. The predicted octanol–water partition coefficient (Wildman–Crippen LogP) is 35.3. The summed E-state index contributed by atoms with van der Waals surface area (Å²) in [7, 11) is 0. The van der Waals surface area contributed by atoms with Crippen LogP contribution in [0.5, 0.6) is 5.75 Å². The average molecular weight is 1750 g/mol. The van der Waals surface area contributed by atoms with Gasteiger partial charge in [-0.25, -0.2) is 0 Å². The van der Waals surface area contributed by atoms with Crippen LogP contribution >= 0.6 is 0 Å². The van der Waals surface area contributed by atoms with E-state index in [-0.39, 0.29) is 0 Å². The van der Waals surface area contributed by atoms with E-state index in [1.54, 1.807) is 0 Å². The molecule has 22 aromatic rings. The van der Waals surface area contributed by atoms with Gasteiger partial charge in [-0.05, 0) is 237 Å². The maximum Gasteiger partial charge on any atom is 0.119 e. The van der Waals surface area contributed by atoms with Gasteiger partial charge in [0.15, 0.2) is 0 Å². The molecule has 0 aliphatic heterocycles. The van der Waals surface area contributed by atoms with E-state index in [4.69, 9.17) is 4.74 Å². The lowest BCUT2D eigenvalue weighted by Gasteiger charge is -2.08. The molecule has 0 heterocycles. The zero-order valence-electron chi connectivity index (χ0n) is 77.2. The van der Waals surface area contributed by atoms with E-state index >= 15 is 0 Å². The normalized spacial score (nSPS) is 10.4. The molecule has 0 saturated carbocycles. The molecule has 0 unspecified atom stereocenters. The van der Waals surface area contributed by atoms with E-state index in [0.29, 0.717) is 0 Å². The molecule has 0 bridgehead atoms. The maximum atomic E-state index is 5.41. The van der Waals surface area contributed by atoms with Crippen LogP contribution in [0.2, 0.25) is 0 Å². The Morgan fingerprint density at radius 2 is 0.368 bits per heavy atom. The van der Waals surface area contributed by atoms with E-state index < -0.39 is 0 Å². The van der Waals surface area contributed by atoms with Gasteiger partial charge in [0.2, 0.25) is 0 Å². The van der Waals surface area contributed by atoms with E-state index in [2.05, 4.69) is 497 Å². The van der Waals surface area contributed by atoms with Crippen LogP contribution in [0.3, 0.4) is 0 Å². The van der Waals surface area contributed by atoms with Crippen molar-refractivity contribution in [2.24, 2.45) is 0 Å². The topological polar surface area (TPSA) is 21.3 Å². The number of anilines is 2. The molecule has 2 nitrogen and oxygen atoms in total. The predicted molar refractivity (Wildman–Crippen MR) is 581 cm³/mol. The monoisotopic (exact) mass is 1750 g/mol. The Kier molecular flexibility index (Phi) is 34.0. The van der Waals surface area contributed by atoms with Crippen molar-refractivity contribution in [3.05, 3.63) is 643 Å². The molecule has 22 aromatic carbocycles. The van der Waals surface area contributed by atoms with Gasteiger partial charge in [-0.3, -0.25) is 0 Å². The van der Waals surface area contributed by atoms with Crippen LogP contribution in [0.15, 0.2) is 576 Å². The Hall–Kier alpha value is -16.8. The van der Waals surface area contributed by atoms with Crippen LogP contribution in [0.25, 0.3) is 88.0 Å². The van der Waals surface area contributed by atoms with Crippen LogP contribution in [-0.4, -0.2) is 6.61 Å². The summed E-state index contributed by atoms with van der Waals surface area (Å²) >= 11 is 0. The highest BCUT2D eigenvalue weighted by Gasteiger charge is 2.09. The quantitative estimate of drug-likeness (QED) is 0.0774. The van der Waals surface area contributed by atoms with Crippen molar-refractivity contribution in [2.75, 3.05) is 11.9 Å². The van der Waals surface area contributed by atoms with Crippen molar-refractivity contribution in [2.45, 2.75) is 45.4 Å². The Balaban J connectivity index is 0.000000116. The molecule has 0 atom stereocenters. The van der Waals surface area contributed by atoms with Gasteiger partial charge in [0.25, 0.3) is 0 Å². The smallest absolute Gasteiger partial charge is 0.119 e. The van der Waals surface area contributed by atoms with E-state index in [1.807, 2.05) is 91.9 Å². The summed E-state index contributed by atoms with van der Waals surface area (Å²) in [5.41, 5.74) is 31.1. The first-order valence-corrected chi connectivity index (χ1v) is 47.2. The van der Waals surface area contributed by atoms with Gasteiger partial charge < -0.3 is 10.1 Å². The number of rotatable bonds is 21. The van der Waals surface area contributed by atoms with E-state index in [0.717, 1.165) is 62.3 Å². The largest absolute Gasteiger partial charge is 0.494 e. The van der Waals surface area contributed by atoms with Crippen molar-refractivity contribution < 1.29 is 4.74 Å². The van der Waals surface area contributed by atoms with E-state index in [9.17, 15) is 0 Å². The third kappa shape index (κ3) is 28.6. The second-order valence-corrected chi connectivity index (χ2v) is 33.8. The molecule has 0 fully saturated rings. The van der Waals surface area contributed by atoms with Crippen LogP contribution < -0.4 is 10.1 Å². The van der Waals surface area contributed by atoms with Gasteiger partial charge in [0, 0.05) is 11.4 Å². The van der Waals surface area contributed by atoms with Gasteiger partial charge in [0.05, 0.1) is 6.61 Å². The number of benzene rings is 22. The van der Waals surface area contributed by atoms with E-state index in [1.165, 1.54) is 155 Å². The Morgan fingerprint density at radius 3 is 0.669 bits per heavy atom. The SMILES string of the molecule is CCOc1ccc(Cc2ccccc2)cc1.c1ccc(-c2ccc(Cc3ccc(-c4ccccc4)cc3)cc2)cc1.c1ccc(-c2ccc(Cc3ccc4ccccc4c3)cc2)cc1.c1ccc(-c2ccc(Cc3cccc4ccccc34)cc2)cc1.c1ccc(Cc2ccc(-c3ccccc3)cc2)cc1.c1ccc(Cc2ccc3ccccc3c2)cc1.c1ccc(Nc2ccccc2)cc1. The average Bonchev–Trinajstić information content (AvgIpc) is 0.829. The molecule has 0 spiro atoms. The number of fused-ring (bicyclic) bond motifs is 3. The second kappa shape index (κ2) is 50.0. The summed E-state index contributed by atoms with van der Waals surface area (Å²) in [6, 6.07) is 203. The minimum absolute atomic E-state index is 0.720. The third-order valence-corrected chi connectivity index (χ3v) is 23.8. The summed E-state index contributed by atoms with van der Waals surface area (Å²) in [6.45, 7) is 2.72. The van der Waals surface area contributed by atoms with Gasteiger partial charge in [-0.15, -0.1) is 0 Å². The fourth-order valence-corrected chi connectivity index (χ4v) is 16.6. The lowest BCUT2D eigenvalue weighted by molar-refractivity contribution is 0.340. The number of hydrogen-bond acceptors (Lipinski definition) is 2. The summed E-state index contributed by atoms with van der Waals surface area (Å²) in [5, 5.41) is 11.2. The minimum Gasteiger partial charge on any atom is -0.494 e. The molecule has 660 valence electrons. The number of nitrogens with one attached hydrogen (secondary N) is 1. The molecule has 0 aliphatic rings. The molecular formula is C134H113NO. The Morgan fingerprint density at radius 1 is 0.154 bits per heavy atom. The van der Waals surface area contributed by atoms with Crippen molar-refractivity contribution >= 4 is 43.7 Å². The van der Waals surface area contributed by atoms with Gasteiger partial charge in [0.1, 0.15) is 5.75 Å². The summed E-state index contributed by atoms with van der Waals surface area (Å²) in [5.74, 6) is 0.944. The first-order chi connectivity index (χ1) is 67.3. The lowest BCUT2D eigenvalue weighted by Crippen LogP contribution is -1.92. The highest BCUT2D eigenvalue weighted by Crippen LogP contribution is 2.30. The van der Waals surface area contributed by atoms with Crippen LogP contribution in [0.1, 0.15) is 73.7 Å². The lowest BCUT2D eigenvalue weighted by atomic mass is 9.97. The fourth-order valence-electron chi connectivity index (χ4n) is 16.6. The molecule has 22 rings (SSSR count). The Bertz CT molecular complexity index is 7090. The first-order valence-electron chi connectivity index (χ1n) is 47.2. The molecule has 1 N–H and O–H groups in total. The third-order valence-electron chi connectivity index (χ3n) is 23.8. The van der Waals surface area contributed by atoms with Gasteiger partial charge in [-0.2, -0.15) is 0 Å². The zero-order valence-corrected chi connectivity index (χ0v) is 77.2. The molecule has 0 radical (unpaired) electrons.